The summed E-state index contributed by atoms with van der Waals surface area (Å²) in [5.41, 5.74) is 4.34. The fourth-order valence-corrected chi connectivity index (χ4v) is 3.93. The van der Waals surface area contributed by atoms with Crippen molar-refractivity contribution in [3.63, 3.8) is 0 Å². The number of nitrogens with one attached hydrogen (secondary N) is 1. The highest BCUT2D eigenvalue weighted by Gasteiger charge is 2.14. The molecule has 1 heterocycles. The van der Waals surface area contributed by atoms with Crippen LogP contribution in [-0.4, -0.2) is 34.5 Å². The second-order valence-electron chi connectivity index (χ2n) is 6.71. The van der Waals surface area contributed by atoms with E-state index in [1.165, 1.54) is 22.5 Å². The average Bonchev–Trinajstić information content (AvgIpc) is 2.83. The molecule has 0 radical (unpaired) electrons. The maximum absolute atomic E-state index is 13.2. The molecule has 1 amide bonds. The van der Waals surface area contributed by atoms with E-state index >= 15 is 0 Å². The molecule has 4 rings (SSSR count). The Morgan fingerprint density at radius 3 is 2.59 bits per heavy atom. The maximum atomic E-state index is 13.2. The lowest BCUT2D eigenvalue weighted by Gasteiger charge is -2.12. The van der Waals surface area contributed by atoms with Crippen molar-refractivity contribution in [1.29, 1.82) is 0 Å². The van der Waals surface area contributed by atoms with E-state index in [0.717, 1.165) is 5.56 Å². The van der Waals surface area contributed by atoms with Crippen LogP contribution in [0.3, 0.4) is 0 Å². The van der Waals surface area contributed by atoms with Crippen molar-refractivity contribution in [1.82, 2.24) is 15.0 Å². The van der Waals surface area contributed by atoms with Crippen molar-refractivity contribution in [2.24, 2.45) is 5.10 Å². The van der Waals surface area contributed by atoms with Crippen LogP contribution in [0.2, 0.25) is 0 Å². The second-order valence-corrected chi connectivity index (χ2v) is 7.65. The Bertz CT molecular complexity index is 1340. The number of fused-ring (bicyclic) bond motifs is 1. The Balaban J connectivity index is 1.54. The van der Waals surface area contributed by atoms with Gasteiger partial charge in [0, 0.05) is 5.56 Å². The molecule has 4 aromatic rings. The topological polar surface area (TPSA) is 85.6 Å². The van der Waals surface area contributed by atoms with E-state index in [-0.39, 0.29) is 17.2 Å². The molecule has 0 bridgehead atoms. The molecule has 0 saturated carbocycles. The summed E-state index contributed by atoms with van der Waals surface area (Å²) in [5, 5.41) is 4.96. The van der Waals surface area contributed by atoms with Crippen LogP contribution in [0.1, 0.15) is 5.56 Å². The summed E-state index contributed by atoms with van der Waals surface area (Å²) in [5.74, 6) is 0.385. The monoisotopic (exact) mass is 444 g/mol. The molecule has 1 aromatic heterocycles. The number of thioether (sulfide) groups is 1. The summed E-state index contributed by atoms with van der Waals surface area (Å²) in [6, 6.07) is 23.8. The first-order chi connectivity index (χ1) is 15.7. The molecule has 0 unspecified atom stereocenters. The van der Waals surface area contributed by atoms with Crippen LogP contribution in [0.5, 0.6) is 5.75 Å². The zero-order valence-electron chi connectivity index (χ0n) is 17.3. The lowest BCUT2D eigenvalue weighted by Crippen LogP contribution is -2.24. The van der Waals surface area contributed by atoms with Crippen molar-refractivity contribution >= 4 is 34.8 Å². The second kappa shape index (κ2) is 9.93. The van der Waals surface area contributed by atoms with Crippen molar-refractivity contribution < 1.29 is 9.53 Å². The van der Waals surface area contributed by atoms with Crippen LogP contribution in [0, 0.1) is 0 Å². The van der Waals surface area contributed by atoms with E-state index in [0.29, 0.717) is 27.5 Å². The Morgan fingerprint density at radius 2 is 1.78 bits per heavy atom. The van der Waals surface area contributed by atoms with Gasteiger partial charge in [-0.1, -0.05) is 54.2 Å². The van der Waals surface area contributed by atoms with E-state index < -0.39 is 0 Å². The predicted octanol–water partition coefficient (Wildman–Crippen LogP) is 3.64. The van der Waals surface area contributed by atoms with Gasteiger partial charge in [0.2, 0.25) is 0 Å². The van der Waals surface area contributed by atoms with Crippen molar-refractivity contribution in [3.8, 4) is 11.4 Å². The number of hydrogen-bond acceptors (Lipinski definition) is 6. The number of para-hydroxylation sites is 3. The van der Waals surface area contributed by atoms with Gasteiger partial charge in [0.25, 0.3) is 11.5 Å². The van der Waals surface area contributed by atoms with Crippen molar-refractivity contribution in [2.75, 3.05) is 12.9 Å². The largest absolute Gasteiger partial charge is 0.496 e. The number of nitrogens with zero attached hydrogens (tertiary/aromatic N) is 3. The summed E-state index contributed by atoms with van der Waals surface area (Å²) < 4.78 is 6.79. The van der Waals surface area contributed by atoms with Crippen LogP contribution in [0.25, 0.3) is 16.6 Å². The van der Waals surface area contributed by atoms with E-state index in [9.17, 15) is 9.59 Å². The fraction of sp³-hybridized carbons (Fsp3) is 0.0833. The molecule has 32 heavy (non-hydrogen) atoms. The maximum Gasteiger partial charge on any atom is 0.266 e. The van der Waals surface area contributed by atoms with Gasteiger partial charge >= 0.3 is 0 Å². The van der Waals surface area contributed by atoms with E-state index in [2.05, 4.69) is 15.5 Å². The van der Waals surface area contributed by atoms with Crippen LogP contribution in [0.4, 0.5) is 0 Å². The molecule has 0 aliphatic rings. The quantitative estimate of drug-likeness (QED) is 0.204. The molecule has 0 atom stereocenters. The average molecular weight is 445 g/mol. The minimum Gasteiger partial charge on any atom is -0.496 e. The number of amides is 1. The highest BCUT2D eigenvalue weighted by molar-refractivity contribution is 7.99. The SMILES string of the molecule is COc1ccccc1/C=N/NC(=O)CSc1nc2ccccc2c(=O)n1-c1ccccc1. The minimum absolute atomic E-state index is 0.0425. The van der Waals surface area contributed by atoms with Gasteiger partial charge in [-0.3, -0.25) is 14.2 Å². The van der Waals surface area contributed by atoms with Gasteiger partial charge in [0.1, 0.15) is 5.75 Å². The Hall–Kier alpha value is -3.91. The molecule has 1 N–H and O–H groups in total. The molecule has 7 nitrogen and oxygen atoms in total. The number of ether oxygens (including phenoxy) is 1. The molecule has 8 heteroatoms. The van der Waals surface area contributed by atoms with Gasteiger partial charge in [-0.05, 0) is 36.4 Å². The Labute approximate surface area is 188 Å². The molecule has 0 aliphatic carbocycles. The lowest BCUT2D eigenvalue weighted by molar-refractivity contribution is -0.118. The molecule has 3 aromatic carbocycles. The van der Waals surface area contributed by atoms with Crippen LogP contribution >= 0.6 is 11.8 Å². The van der Waals surface area contributed by atoms with Gasteiger partial charge in [-0.2, -0.15) is 5.10 Å². The lowest BCUT2D eigenvalue weighted by atomic mass is 10.2. The molecular formula is C24H20N4O3S. The first-order valence-electron chi connectivity index (χ1n) is 9.82. The highest BCUT2D eigenvalue weighted by atomic mass is 32.2. The highest BCUT2D eigenvalue weighted by Crippen LogP contribution is 2.21. The zero-order chi connectivity index (χ0) is 22.3. The third-order valence-corrected chi connectivity index (χ3v) is 5.56. The van der Waals surface area contributed by atoms with Gasteiger partial charge < -0.3 is 4.74 Å². The van der Waals surface area contributed by atoms with Gasteiger partial charge in [-0.25, -0.2) is 10.4 Å². The molecule has 0 spiro atoms. The van der Waals surface area contributed by atoms with Crippen LogP contribution in [0.15, 0.2) is 93.9 Å². The first kappa shape index (κ1) is 21.3. The van der Waals surface area contributed by atoms with E-state index in [1.807, 2.05) is 60.7 Å². The molecular weight excluding hydrogens is 424 g/mol. The van der Waals surface area contributed by atoms with Crippen LogP contribution < -0.4 is 15.7 Å². The summed E-state index contributed by atoms with van der Waals surface area (Å²) in [6.07, 6.45) is 1.52. The third-order valence-electron chi connectivity index (χ3n) is 4.62. The number of hydrogen-bond donors (Lipinski definition) is 1. The molecule has 0 saturated heterocycles. The zero-order valence-corrected chi connectivity index (χ0v) is 18.1. The number of carbonyl (C=O) groups is 1. The van der Waals surface area contributed by atoms with Gasteiger partial charge in [0.15, 0.2) is 5.16 Å². The minimum atomic E-state index is -0.317. The summed E-state index contributed by atoms with van der Waals surface area (Å²) >= 11 is 1.17. The van der Waals surface area contributed by atoms with E-state index in [4.69, 9.17) is 4.74 Å². The number of aromatic nitrogens is 2. The number of rotatable bonds is 7. The number of methoxy groups -OCH3 is 1. The number of benzene rings is 3. The smallest absolute Gasteiger partial charge is 0.266 e. The summed E-state index contributed by atoms with van der Waals surface area (Å²) in [6.45, 7) is 0. The van der Waals surface area contributed by atoms with Gasteiger partial charge in [0.05, 0.1) is 35.7 Å². The Morgan fingerprint density at radius 1 is 1.06 bits per heavy atom. The van der Waals surface area contributed by atoms with Gasteiger partial charge in [-0.15, -0.1) is 0 Å². The van der Waals surface area contributed by atoms with Crippen molar-refractivity contribution in [2.45, 2.75) is 5.16 Å². The normalized spacial score (nSPS) is 11.0. The fourth-order valence-electron chi connectivity index (χ4n) is 3.12. The third kappa shape index (κ3) is 4.70. The first-order valence-corrected chi connectivity index (χ1v) is 10.8. The molecule has 0 fully saturated rings. The van der Waals surface area contributed by atoms with E-state index in [1.54, 1.807) is 25.3 Å². The molecule has 0 aliphatic heterocycles. The van der Waals surface area contributed by atoms with Crippen LogP contribution in [-0.2, 0) is 4.79 Å². The molecule has 160 valence electrons. The summed E-state index contributed by atoms with van der Waals surface area (Å²) in [4.78, 5) is 30.1. The summed E-state index contributed by atoms with van der Waals surface area (Å²) in [7, 11) is 1.57. The Kier molecular flexibility index (Phi) is 6.62. The van der Waals surface area contributed by atoms with Crippen molar-refractivity contribution in [3.05, 3.63) is 94.8 Å². The standard InChI is InChI=1S/C24H20N4O3S/c1-31-21-14-8-5-9-17(21)15-25-27-22(29)16-32-24-26-20-13-7-6-12-19(20)23(30)28(24)18-10-3-2-4-11-18/h2-15H,16H2,1H3,(H,27,29)/b25-15+. The number of carbonyl (C=O) groups excluding carboxylic acids is 1. The number of hydrazone groups is 1. The predicted molar refractivity (Wildman–Crippen MR) is 127 cm³/mol.